The fourth-order valence-electron chi connectivity index (χ4n) is 2.70. The predicted octanol–water partition coefficient (Wildman–Crippen LogP) is 2.20. The molecule has 1 amide bonds. The van der Waals surface area contributed by atoms with Gasteiger partial charge in [-0.05, 0) is 39.5 Å². The molecule has 2 rings (SSSR count). The van der Waals surface area contributed by atoms with Crippen LogP contribution in [0, 0.1) is 5.92 Å². The Morgan fingerprint density at radius 3 is 2.57 bits per heavy atom. The number of hydrogen-bond donors (Lipinski definition) is 2. The molecule has 1 aliphatic rings. The predicted molar refractivity (Wildman–Crippen MR) is 84.1 cm³/mol. The number of nitrogens with one attached hydrogen (secondary N) is 1. The van der Waals surface area contributed by atoms with Gasteiger partial charge < -0.3 is 19.7 Å². The molecule has 0 radical (unpaired) electrons. The summed E-state index contributed by atoms with van der Waals surface area (Å²) in [5.74, 6) is -0.344. The maximum absolute atomic E-state index is 12.2. The molecule has 23 heavy (non-hydrogen) atoms. The monoisotopic (exact) mass is 323 g/mol. The van der Waals surface area contributed by atoms with Gasteiger partial charge in [-0.15, -0.1) is 0 Å². The van der Waals surface area contributed by atoms with Gasteiger partial charge in [0.1, 0.15) is 11.4 Å². The molecule has 0 spiro atoms. The Balaban J connectivity index is 2.26. The lowest BCUT2D eigenvalue weighted by atomic mass is 9.93. The zero-order chi connectivity index (χ0) is 17.3. The summed E-state index contributed by atoms with van der Waals surface area (Å²) in [5, 5.41) is 12.5. The van der Waals surface area contributed by atoms with Gasteiger partial charge in [-0.25, -0.2) is 14.6 Å². The SMILES string of the molecule is CCc1nccn1CC(NC(=O)OC(C)(C)C)(C(=O)O)C1CC1. The van der Waals surface area contributed by atoms with Crippen LogP contribution in [0.4, 0.5) is 4.79 Å². The van der Waals surface area contributed by atoms with Crippen molar-refractivity contribution in [1.82, 2.24) is 14.9 Å². The number of rotatable bonds is 6. The van der Waals surface area contributed by atoms with Crippen LogP contribution < -0.4 is 5.32 Å². The molecule has 1 heterocycles. The fourth-order valence-corrected chi connectivity index (χ4v) is 2.70. The van der Waals surface area contributed by atoms with Crippen LogP contribution in [0.15, 0.2) is 12.4 Å². The minimum atomic E-state index is -1.37. The van der Waals surface area contributed by atoms with E-state index < -0.39 is 23.2 Å². The lowest BCUT2D eigenvalue weighted by Crippen LogP contribution is -2.59. The van der Waals surface area contributed by atoms with Crippen LogP contribution >= 0.6 is 0 Å². The number of carbonyl (C=O) groups is 2. The van der Waals surface area contributed by atoms with E-state index in [0.717, 1.165) is 18.7 Å². The summed E-state index contributed by atoms with van der Waals surface area (Å²) < 4.78 is 7.05. The van der Waals surface area contributed by atoms with E-state index in [-0.39, 0.29) is 12.5 Å². The topological polar surface area (TPSA) is 93.5 Å². The van der Waals surface area contributed by atoms with Crippen molar-refractivity contribution in [2.75, 3.05) is 0 Å². The average molecular weight is 323 g/mol. The molecule has 0 saturated heterocycles. The van der Waals surface area contributed by atoms with Crippen molar-refractivity contribution in [1.29, 1.82) is 0 Å². The number of alkyl carbamates (subject to hydrolysis) is 1. The summed E-state index contributed by atoms with van der Waals surface area (Å²) in [4.78, 5) is 28.4. The van der Waals surface area contributed by atoms with Gasteiger partial charge in [-0.2, -0.15) is 0 Å². The summed E-state index contributed by atoms with van der Waals surface area (Å²) in [6, 6.07) is 0. The number of aryl methyl sites for hydroxylation is 1. The lowest BCUT2D eigenvalue weighted by molar-refractivity contribution is -0.146. The third kappa shape index (κ3) is 4.03. The quantitative estimate of drug-likeness (QED) is 0.837. The van der Waals surface area contributed by atoms with Crippen molar-refractivity contribution < 1.29 is 19.4 Å². The maximum atomic E-state index is 12.2. The van der Waals surface area contributed by atoms with Crippen LogP contribution in [0.2, 0.25) is 0 Å². The molecule has 7 nitrogen and oxygen atoms in total. The molecule has 1 unspecified atom stereocenters. The highest BCUT2D eigenvalue weighted by molar-refractivity contribution is 5.85. The first kappa shape index (κ1) is 17.3. The van der Waals surface area contributed by atoms with Gasteiger partial charge >= 0.3 is 12.1 Å². The number of aromatic nitrogens is 2. The van der Waals surface area contributed by atoms with E-state index in [1.807, 2.05) is 6.92 Å². The summed E-state index contributed by atoms with van der Waals surface area (Å²) >= 11 is 0. The van der Waals surface area contributed by atoms with Gasteiger partial charge in [-0.1, -0.05) is 6.92 Å². The van der Waals surface area contributed by atoms with E-state index in [0.29, 0.717) is 6.42 Å². The van der Waals surface area contributed by atoms with Crippen LogP contribution in [-0.2, 0) is 22.5 Å². The van der Waals surface area contributed by atoms with Crippen LogP contribution in [0.3, 0.4) is 0 Å². The Kier molecular flexibility index (Phi) is 4.68. The number of hydrogen-bond acceptors (Lipinski definition) is 4. The minimum absolute atomic E-state index is 0.0976. The standard InChI is InChI=1S/C16H25N3O4/c1-5-12-17-8-9-19(12)10-16(13(20)21,11-6-7-11)18-14(22)23-15(2,3)4/h8-9,11H,5-7,10H2,1-4H3,(H,18,22)(H,20,21). The molecular weight excluding hydrogens is 298 g/mol. The number of carboxylic acid groups (broad SMARTS) is 1. The molecule has 1 saturated carbocycles. The molecule has 1 atom stereocenters. The number of imidazole rings is 1. The van der Waals surface area contributed by atoms with Crippen molar-refractivity contribution in [3.05, 3.63) is 18.2 Å². The molecule has 128 valence electrons. The average Bonchev–Trinajstić information content (AvgIpc) is 3.17. The van der Waals surface area contributed by atoms with Crippen LogP contribution in [0.1, 0.15) is 46.4 Å². The molecule has 7 heteroatoms. The van der Waals surface area contributed by atoms with Crippen molar-refractivity contribution in [3.8, 4) is 0 Å². The molecule has 1 aliphatic carbocycles. The highest BCUT2D eigenvalue weighted by Crippen LogP contribution is 2.41. The van der Waals surface area contributed by atoms with E-state index in [1.54, 1.807) is 37.7 Å². The lowest BCUT2D eigenvalue weighted by Gasteiger charge is -2.32. The first-order valence-corrected chi connectivity index (χ1v) is 7.92. The van der Waals surface area contributed by atoms with E-state index >= 15 is 0 Å². The molecule has 0 aromatic carbocycles. The van der Waals surface area contributed by atoms with E-state index in [2.05, 4.69) is 10.3 Å². The Bertz CT molecular complexity index is 586. The van der Waals surface area contributed by atoms with Crippen molar-refractivity contribution >= 4 is 12.1 Å². The smallest absolute Gasteiger partial charge is 0.408 e. The number of carboxylic acids is 1. The first-order valence-electron chi connectivity index (χ1n) is 7.92. The van der Waals surface area contributed by atoms with Gasteiger partial charge in [0, 0.05) is 18.8 Å². The second-order valence-corrected chi connectivity index (χ2v) is 7.00. The van der Waals surface area contributed by atoms with E-state index in [1.165, 1.54) is 0 Å². The Labute approximate surface area is 136 Å². The molecule has 2 N–H and O–H groups in total. The molecule has 0 aliphatic heterocycles. The van der Waals surface area contributed by atoms with Gasteiger partial charge in [0.25, 0.3) is 0 Å². The second kappa shape index (κ2) is 6.22. The highest BCUT2D eigenvalue weighted by atomic mass is 16.6. The Morgan fingerprint density at radius 2 is 2.09 bits per heavy atom. The molecule has 1 fully saturated rings. The molecule has 1 aromatic rings. The van der Waals surface area contributed by atoms with Crippen molar-refractivity contribution in [2.24, 2.45) is 5.92 Å². The normalized spacial score (nSPS) is 17.4. The molecule has 1 aromatic heterocycles. The summed E-state index contributed by atoms with van der Waals surface area (Å²) in [6.45, 7) is 7.35. The van der Waals surface area contributed by atoms with Crippen molar-refractivity contribution in [3.63, 3.8) is 0 Å². The third-order valence-electron chi connectivity index (χ3n) is 3.92. The number of nitrogens with zero attached hydrogens (tertiary/aromatic N) is 2. The molecular formula is C16H25N3O4. The number of ether oxygens (including phenoxy) is 1. The molecule has 0 bridgehead atoms. The third-order valence-corrected chi connectivity index (χ3v) is 3.92. The van der Waals surface area contributed by atoms with Gasteiger partial charge in [0.15, 0.2) is 5.54 Å². The first-order chi connectivity index (χ1) is 10.7. The van der Waals surface area contributed by atoms with Crippen molar-refractivity contribution in [2.45, 2.75) is 64.6 Å². The maximum Gasteiger partial charge on any atom is 0.408 e. The zero-order valence-corrected chi connectivity index (χ0v) is 14.1. The number of carbonyl (C=O) groups excluding carboxylic acids is 1. The zero-order valence-electron chi connectivity index (χ0n) is 14.1. The summed E-state index contributed by atoms with van der Waals surface area (Å²) in [6.07, 6.45) is 4.93. The number of aliphatic carboxylic acids is 1. The summed E-state index contributed by atoms with van der Waals surface area (Å²) in [7, 11) is 0. The Morgan fingerprint density at radius 1 is 1.43 bits per heavy atom. The summed E-state index contributed by atoms with van der Waals surface area (Å²) in [5.41, 5.74) is -2.05. The fraction of sp³-hybridized carbons (Fsp3) is 0.688. The Hall–Kier alpha value is -2.05. The second-order valence-electron chi connectivity index (χ2n) is 7.00. The van der Waals surface area contributed by atoms with E-state index in [9.17, 15) is 14.7 Å². The minimum Gasteiger partial charge on any atom is -0.479 e. The van der Waals surface area contributed by atoms with Gasteiger partial charge in [0.05, 0.1) is 6.54 Å². The van der Waals surface area contributed by atoms with E-state index in [4.69, 9.17) is 4.74 Å². The van der Waals surface area contributed by atoms with Gasteiger partial charge in [0.2, 0.25) is 0 Å². The van der Waals surface area contributed by atoms with Crippen LogP contribution in [-0.4, -0.2) is 37.9 Å². The van der Waals surface area contributed by atoms with Crippen LogP contribution in [0.5, 0.6) is 0 Å². The van der Waals surface area contributed by atoms with Crippen LogP contribution in [0.25, 0.3) is 0 Å². The van der Waals surface area contributed by atoms with Gasteiger partial charge in [-0.3, -0.25) is 0 Å². The largest absolute Gasteiger partial charge is 0.479 e. The highest BCUT2D eigenvalue weighted by Gasteiger charge is 2.53. The number of amides is 1.